The molecule has 4 rings (SSSR count). The maximum absolute atomic E-state index is 14.2. The highest BCUT2D eigenvalue weighted by Crippen LogP contribution is 2.50. The molecule has 7 nitrogen and oxygen atoms in total. The summed E-state index contributed by atoms with van der Waals surface area (Å²) in [7, 11) is 1.29. The Hall–Kier alpha value is -2.89. The number of carbonyl (C=O) groups is 3. The van der Waals surface area contributed by atoms with E-state index in [0.717, 1.165) is 17.0 Å². The van der Waals surface area contributed by atoms with Crippen LogP contribution in [0, 0.1) is 5.82 Å². The maximum Gasteiger partial charge on any atom is 0.435 e. The van der Waals surface area contributed by atoms with Crippen LogP contribution in [0.5, 0.6) is 0 Å². The van der Waals surface area contributed by atoms with Gasteiger partial charge in [0.05, 0.1) is 32.8 Å². The Kier molecular flexibility index (Phi) is 6.69. The Morgan fingerprint density at radius 2 is 1.78 bits per heavy atom. The highest BCUT2D eigenvalue weighted by molar-refractivity contribution is 6.35. The molecule has 2 aliphatic rings. The quantitative estimate of drug-likeness (QED) is 0.326. The van der Waals surface area contributed by atoms with Gasteiger partial charge in [-0.15, -0.1) is 0 Å². The van der Waals surface area contributed by atoms with Gasteiger partial charge in [-0.05, 0) is 24.3 Å². The van der Waals surface area contributed by atoms with Gasteiger partial charge in [0.1, 0.15) is 6.04 Å². The normalized spacial score (nSPS) is 22.1. The van der Waals surface area contributed by atoms with E-state index in [1.165, 1.54) is 25.2 Å². The number of halogens is 7. The van der Waals surface area contributed by atoms with Gasteiger partial charge in [-0.2, -0.15) is 13.2 Å². The zero-order chi connectivity index (χ0) is 26.6. The molecule has 0 radical (unpaired) electrons. The monoisotopic (exact) mass is 565 g/mol. The van der Waals surface area contributed by atoms with Crippen molar-refractivity contribution in [1.29, 1.82) is 0 Å². The van der Waals surface area contributed by atoms with Crippen molar-refractivity contribution < 1.29 is 36.8 Å². The predicted molar refractivity (Wildman–Crippen MR) is 121 cm³/mol. The summed E-state index contributed by atoms with van der Waals surface area (Å²) in [5.41, 5.74) is -3.65. The fraction of sp³-hybridized carbons (Fsp3) is 0.273. The van der Waals surface area contributed by atoms with Crippen LogP contribution in [0.25, 0.3) is 0 Å². The highest BCUT2D eigenvalue weighted by atomic mass is 35.5. The smallest absolute Gasteiger partial charge is 0.374 e. The standard InChI is InChI=1S/C22H14Cl3F4N3O4/c1-32-17(33)7-15(20(32)35)30-19(34)11-3-2-9(4-12(11)23)16-8-21(36-31-16,22(27,28)29)10-5-13(24)18(26)14(25)6-10/h2-6,15H,7-8H2,1H3,(H,30,34). The number of nitrogens with one attached hydrogen (secondary N) is 1. The van der Waals surface area contributed by atoms with E-state index < -0.39 is 63.4 Å². The first kappa shape index (κ1) is 26.2. The number of hydrogen-bond acceptors (Lipinski definition) is 5. The minimum Gasteiger partial charge on any atom is -0.374 e. The molecule has 1 N–H and O–H groups in total. The van der Waals surface area contributed by atoms with Crippen molar-refractivity contribution in [3.05, 3.63) is 67.9 Å². The first-order chi connectivity index (χ1) is 16.7. The van der Waals surface area contributed by atoms with Crippen LogP contribution in [-0.4, -0.2) is 47.6 Å². The van der Waals surface area contributed by atoms with Crippen LogP contribution in [0.3, 0.4) is 0 Å². The average molecular weight is 567 g/mol. The van der Waals surface area contributed by atoms with E-state index >= 15 is 0 Å². The molecule has 2 unspecified atom stereocenters. The number of likely N-dealkylation sites (tertiary alicyclic amines) is 1. The fourth-order valence-electron chi connectivity index (χ4n) is 3.83. The van der Waals surface area contributed by atoms with Crippen molar-refractivity contribution in [3.63, 3.8) is 0 Å². The van der Waals surface area contributed by atoms with Gasteiger partial charge in [0, 0.05) is 24.6 Å². The summed E-state index contributed by atoms with van der Waals surface area (Å²) in [4.78, 5) is 42.0. The molecule has 1 saturated heterocycles. The molecule has 2 aromatic rings. The van der Waals surface area contributed by atoms with E-state index in [2.05, 4.69) is 10.5 Å². The lowest BCUT2D eigenvalue weighted by molar-refractivity contribution is -0.275. The Morgan fingerprint density at radius 3 is 2.31 bits per heavy atom. The molecule has 190 valence electrons. The lowest BCUT2D eigenvalue weighted by atomic mass is 9.86. The molecular formula is C22H14Cl3F4N3O4. The summed E-state index contributed by atoms with van der Waals surface area (Å²) < 4.78 is 56.3. The van der Waals surface area contributed by atoms with E-state index in [0.29, 0.717) is 0 Å². The van der Waals surface area contributed by atoms with Crippen LogP contribution in [0.4, 0.5) is 17.6 Å². The van der Waals surface area contributed by atoms with Gasteiger partial charge in [-0.3, -0.25) is 19.3 Å². The molecule has 0 aromatic heterocycles. The number of benzene rings is 2. The van der Waals surface area contributed by atoms with E-state index in [4.69, 9.17) is 39.6 Å². The Bertz CT molecular complexity index is 1310. The molecule has 0 aliphatic carbocycles. The van der Waals surface area contributed by atoms with Crippen LogP contribution in [-0.2, 0) is 20.0 Å². The first-order valence-corrected chi connectivity index (χ1v) is 11.3. The molecule has 2 atom stereocenters. The summed E-state index contributed by atoms with van der Waals surface area (Å²) in [6.07, 6.45) is -6.02. The number of oxime groups is 1. The number of amides is 3. The van der Waals surface area contributed by atoms with Crippen molar-refractivity contribution >= 4 is 58.2 Å². The molecule has 36 heavy (non-hydrogen) atoms. The van der Waals surface area contributed by atoms with Crippen LogP contribution >= 0.6 is 34.8 Å². The summed E-state index contributed by atoms with van der Waals surface area (Å²) in [6, 6.07) is 4.22. The minimum absolute atomic E-state index is 0.0751. The van der Waals surface area contributed by atoms with Crippen LogP contribution in [0.1, 0.15) is 34.3 Å². The van der Waals surface area contributed by atoms with Crippen molar-refractivity contribution in [1.82, 2.24) is 10.2 Å². The molecule has 0 saturated carbocycles. The maximum atomic E-state index is 14.2. The van der Waals surface area contributed by atoms with Crippen LogP contribution in [0.2, 0.25) is 15.1 Å². The predicted octanol–water partition coefficient (Wildman–Crippen LogP) is 4.86. The second kappa shape index (κ2) is 9.20. The molecule has 2 aromatic carbocycles. The average Bonchev–Trinajstić information content (AvgIpc) is 3.36. The van der Waals surface area contributed by atoms with Crippen LogP contribution in [0.15, 0.2) is 35.5 Å². The number of nitrogens with zero attached hydrogens (tertiary/aromatic N) is 2. The van der Waals surface area contributed by atoms with Gasteiger partial charge in [0.2, 0.25) is 5.91 Å². The summed E-state index contributed by atoms with van der Waals surface area (Å²) in [5, 5.41) is 4.61. The van der Waals surface area contributed by atoms with Gasteiger partial charge in [0.15, 0.2) is 5.82 Å². The van der Waals surface area contributed by atoms with E-state index in [1.54, 1.807) is 0 Å². The van der Waals surface area contributed by atoms with Crippen molar-refractivity contribution in [2.45, 2.75) is 30.7 Å². The topological polar surface area (TPSA) is 88.1 Å². The number of carbonyl (C=O) groups excluding carboxylic acids is 3. The number of hydrogen-bond donors (Lipinski definition) is 1. The Labute approximate surface area is 215 Å². The Morgan fingerprint density at radius 1 is 1.14 bits per heavy atom. The zero-order valence-electron chi connectivity index (χ0n) is 18.1. The molecule has 0 spiro atoms. The lowest BCUT2D eigenvalue weighted by Crippen LogP contribution is -2.42. The second-order valence-corrected chi connectivity index (χ2v) is 9.32. The van der Waals surface area contributed by atoms with Crippen LogP contribution < -0.4 is 5.32 Å². The van der Waals surface area contributed by atoms with E-state index in [1.807, 2.05) is 0 Å². The minimum atomic E-state index is -5.00. The van der Waals surface area contributed by atoms with Gasteiger partial charge < -0.3 is 10.2 Å². The van der Waals surface area contributed by atoms with Crippen molar-refractivity contribution in [2.75, 3.05) is 7.05 Å². The summed E-state index contributed by atoms with van der Waals surface area (Å²) in [5.74, 6) is -2.86. The first-order valence-electron chi connectivity index (χ1n) is 10.1. The number of likely N-dealkylation sites (N-methyl/N-ethyl adjacent to an activating group) is 1. The molecule has 3 amide bonds. The third-order valence-corrected chi connectivity index (χ3v) is 6.73. The molecule has 14 heteroatoms. The Balaban J connectivity index is 1.59. The molecule has 0 bridgehead atoms. The third kappa shape index (κ3) is 4.39. The van der Waals surface area contributed by atoms with E-state index in [9.17, 15) is 31.9 Å². The number of alkyl halides is 3. The van der Waals surface area contributed by atoms with Crippen molar-refractivity contribution in [2.24, 2.45) is 5.16 Å². The second-order valence-electron chi connectivity index (χ2n) is 8.10. The largest absolute Gasteiger partial charge is 0.435 e. The molecular weight excluding hydrogens is 553 g/mol. The summed E-state index contributed by atoms with van der Waals surface area (Å²) >= 11 is 17.6. The number of rotatable bonds is 4. The summed E-state index contributed by atoms with van der Waals surface area (Å²) in [6.45, 7) is 0. The van der Waals surface area contributed by atoms with E-state index in [-0.39, 0.29) is 28.3 Å². The lowest BCUT2D eigenvalue weighted by Gasteiger charge is -2.29. The van der Waals surface area contributed by atoms with Crippen molar-refractivity contribution in [3.8, 4) is 0 Å². The fourth-order valence-corrected chi connectivity index (χ4v) is 4.58. The van der Waals surface area contributed by atoms with Gasteiger partial charge >= 0.3 is 6.18 Å². The molecule has 1 fully saturated rings. The molecule has 2 heterocycles. The number of imide groups is 1. The SMILES string of the molecule is CN1C(=O)CC(NC(=O)c2ccc(C3=NOC(c4cc(Cl)c(F)c(Cl)c4)(C(F)(F)F)C3)cc2Cl)C1=O. The zero-order valence-corrected chi connectivity index (χ0v) is 20.3. The highest BCUT2D eigenvalue weighted by Gasteiger charge is 2.62. The molecule has 2 aliphatic heterocycles. The van der Waals surface area contributed by atoms with Gasteiger partial charge in [-0.25, -0.2) is 4.39 Å². The third-order valence-electron chi connectivity index (χ3n) is 5.87. The van der Waals surface area contributed by atoms with Gasteiger partial charge in [-0.1, -0.05) is 46.0 Å². The van der Waals surface area contributed by atoms with Gasteiger partial charge in [0.25, 0.3) is 17.4 Å².